The van der Waals surface area contributed by atoms with Crippen LogP contribution in [-0.2, 0) is 20.7 Å². The summed E-state index contributed by atoms with van der Waals surface area (Å²) in [6.45, 7) is 6.87. The first kappa shape index (κ1) is 17.4. The van der Waals surface area contributed by atoms with Crippen LogP contribution in [0.3, 0.4) is 0 Å². The Kier molecular flexibility index (Phi) is 5.89. The summed E-state index contributed by atoms with van der Waals surface area (Å²) in [7, 11) is 0. The second-order valence-electron chi connectivity index (χ2n) is 6.80. The molecule has 2 aliphatic rings. The lowest BCUT2D eigenvalue weighted by Gasteiger charge is -2.35. The molecule has 0 bridgehead atoms. The third-order valence-electron chi connectivity index (χ3n) is 5.07. The zero-order chi connectivity index (χ0) is 16.9. The summed E-state index contributed by atoms with van der Waals surface area (Å²) < 4.78 is 13.6. The van der Waals surface area contributed by atoms with Gasteiger partial charge in [0.2, 0.25) is 0 Å². The first-order valence-electron chi connectivity index (χ1n) is 9.22. The van der Waals surface area contributed by atoms with E-state index >= 15 is 0 Å². The number of likely N-dealkylation sites (tertiary alicyclic amines) is 1. The molecule has 3 unspecified atom stereocenters. The standard InChI is InChI=1S/C18H29N3O3/c1-3-17-19-8-10-21(17)15-6-4-9-20(12-15)18(22)14(2)24-13-16-7-5-11-23-16/h8,10,14-16H,3-7,9,11-13H2,1-2H3. The predicted octanol–water partition coefficient (Wildman–Crippen LogP) is 2.19. The first-order chi connectivity index (χ1) is 11.7. The summed E-state index contributed by atoms with van der Waals surface area (Å²) in [6, 6.07) is 0.325. The van der Waals surface area contributed by atoms with Crippen molar-refractivity contribution in [2.45, 2.75) is 64.2 Å². The Balaban J connectivity index is 1.54. The fourth-order valence-electron chi connectivity index (χ4n) is 3.69. The maximum atomic E-state index is 12.7. The Labute approximate surface area is 144 Å². The summed E-state index contributed by atoms with van der Waals surface area (Å²) in [6.07, 6.45) is 8.81. The van der Waals surface area contributed by atoms with Crippen LogP contribution < -0.4 is 0 Å². The van der Waals surface area contributed by atoms with Gasteiger partial charge >= 0.3 is 0 Å². The van der Waals surface area contributed by atoms with Gasteiger partial charge in [-0.15, -0.1) is 0 Å². The Morgan fingerprint density at radius 3 is 3.08 bits per heavy atom. The van der Waals surface area contributed by atoms with E-state index in [1.54, 1.807) is 0 Å². The number of rotatable bonds is 6. The number of amides is 1. The molecule has 0 radical (unpaired) electrons. The molecular weight excluding hydrogens is 306 g/mol. The number of aryl methyl sites for hydroxylation is 1. The number of hydrogen-bond donors (Lipinski definition) is 0. The maximum absolute atomic E-state index is 12.7. The number of imidazole rings is 1. The van der Waals surface area contributed by atoms with Crippen LogP contribution >= 0.6 is 0 Å². The van der Waals surface area contributed by atoms with Crippen LogP contribution in [0.5, 0.6) is 0 Å². The second-order valence-corrected chi connectivity index (χ2v) is 6.80. The molecule has 0 spiro atoms. The van der Waals surface area contributed by atoms with Gasteiger partial charge in [0.05, 0.1) is 18.8 Å². The van der Waals surface area contributed by atoms with Gasteiger partial charge in [-0.2, -0.15) is 0 Å². The predicted molar refractivity (Wildman–Crippen MR) is 90.8 cm³/mol. The number of piperidine rings is 1. The number of nitrogens with zero attached hydrogens (tertiary/aromatic N) is 3. The molecule has 0 aliphatic carbocycles. The van der Waals surface area contributed by atoms with Crippen LogP contribution in [0.2, 0.25) is 0 Å². The average Bonchev–Trinajstić information content (AvgIpc) is 3.30. The van der Waals surface area contributed by atoms with Gasteiger partial charge in [-0.25, -0.2) is 4.98 Å². The van der Waals surface area contributed by atoms with Crippen molar-refractivity contribution in [3.8, 4) is 0 Å². The monoisotopic (exact) mass is 335 g/mol. The quantitative estimate of drug-likeness (QED) is 0.800. The fourth-order valence-corrected chi connectivity index (χ4v) is 3.69. The van der Waals surface area contributed by atoms with E-state index in [4.69, 9.17) is 9.47 Å². The second kappa shape index (κ2) is 8.12. The lowest BCUT2D eigenvalue weighted by molar-refractivity contribution is -0.146. The van der Waals surface area contributed by atoms with Crippen molar-refractivity contribution in [2.75, 3.05) is 26.3 Å². The van der Waals surface area contributed by atoms with E-state index in [1.807, 2.05) is 24.2 Å². The average molecular weight is 335 g/mol. The molecule has 0 saturated carbocycles. The van der Waals surface area contributed by atoms with Crippen LogP contribution in [0.1, 0.15) is 51.4 Å². The normalized spacial score (nSPS) is 25.8. The number of aromatic nitrogens is 2. The first-order valence-corrected chi connectivity index (χ1v) is 9.22. The summed E-state index contributed by atoms with van der Waals surface area (Å²) >= 11 is 0. The minimum atomic E-state index is -0.401. The van der Waals surface area contributed by atoms with Gasteiger partial charge in [0.25, 0.3) is 5.91 Å². The van der Waals surface area contributed by atoms with Crippen LogP contribution in [0, 0.1) is 0 Å². The summed E-state index contributed by atoms with van der Waals surface area (Å²) in [4.78, 5) is 19.1. The van der Waals surface area contributed by atoms with E-state index in [9.17, 15) is 4.79 Å². The highest BCUT2D eigenvalue weighted by molar-refractivity contribution is 5.80. The van der Waals surface area contributed by atoms with Crippen molar-refractivity contribution in [3.63, 3.8) is 0 Å². The molecule has 134 valence electrons. The molecule has 2 aliphatic heterocycles. The van der Waals surface area contributed by atoms with Crippen molar-refractivity contribution in [1.82, 2.24) is 14.5 Å². The number of ether oxygens (including phenoxy) is 2. The van der Waals surface area contributed by atoms with Crippen molar-refractivity contribution in [1.29, 1.82) is 0 Å². The number of carbonyl (C=O) groups excluding carboxylic acids is 1. The SMILES string of the molecule is CCc1nccn1C1CCCN(C(=O)C(C)OCC2CCCO2)C1. The van der Waals surface area contributed by atoms with Crippen molar-refractivity contribution < 1.29 is 14.3 Å². The van der Waals surface area contributed by atoms with Gasteiger partial charge in [0.1, 0.15) is 11.9 Å². The molecule has 3 heterocycles. The van der Waals surface area contributed by atoms with Crippen LogP contribution in [-0.4, -0.2) is 58.9 Å². The molecule has 2 fully saturated rings. The molecule has 6 heteroatoms. The maximum Gasteiger partial charge on any atom is 0.251 e. The fraction of sp³-hybridized carbons (Fsp3) is 0.778. The van der Waals surface area contributed by atoms with Gasteiger partial charge in [-0.05, 0) is 32.6 Å². The van der Waals surface area contributed by atoms with E-state index < -0.39 is 6.10 Å². The third kappa shape index (κ3) is 3.98. The molecular formula is C18H29N3O3. The molecule has 1 aromatic heterocycles. The zero-order valence-electron chi connectivity index (χ0n) is 14.8. The molecule has 1 aromatic rings. The van der Waals surface area contributed by atoms with Gasteiger partial charge in [-0.3, -0.25) is 4.79 Å². The van der Waals surface area contributed by atoms with Gasteiger partial charge < -0.3 is 18.9 Å². The Morgan fingerprint density at radius 2 is 2.33 bits per heavy atom. The highest BCUT2D eigenvalue weighted by Crippen LogP contribution is 2.24. The number of carbonyl (C=O) groups is 1. The summed E-state index contributed by atoms with van der Waals surface area (Å²) in [5, 5.41) is 0. The molecule has 24 heavy (non-hydrogen) atoms. The Morgan fingerprint density at radius 1 is 1.46 bits per heavy atom. The van der Waals surface area contributed by atoms with Crippen molar-refractivity contribution in [3.05, 3.63) is 18.2 Å². The summed E-state index contributed by atoms with van der Waals surface area (Å²) in [5.74, 6) is 1.19. The van der Waals surface area contributed by atoms with E-state index in [1.165, 1.54) is 0 Å². The highest BCUT2D eigenvalue weighted by atomic mass is 16.5. The molecule has 0 aromatic carbocycles. The molecule has 6 nitrogen and oxygen atoms in total. The minimum absolute atomic E-state index is 0.0934. The lowest BCUT2D eigenvalue weighted by Crippen LogP contribution is -2.45. The van der Waals surface area contributed by atoms with Crippen molar-refractivity contribution in [2.24, 2.45) is 0 Å². The topological polar surface area (TPSA) is 56.6 Å². The van der Waals surface area contributed by atoms with E-state index in [0.29, 0.717) is 12.6 Å². The van der Waals surface area contributed by atoms with Gasteiger partial charge in [0, 0.05) is 38.5 Å². The van der Waals surface area contributed by atoms with Gasteiger partial charge in [-0.1, -0.05) is 6.92 Å². The van der Waals surface area contributed by atoms with Crippen LogP contribution in [0.4, 0.5) is 0 Å². The lowest BCUT2D eigenvalue weighted by atomic mass is 10.0. The van der Waals surface area contributed by atoms with Crippen LogP contribution in [0.25, 0.3) is 0 Å². The molecule has 2 saturated heterocycles. The Bertz CT molecular complexity index is 539. The Hall–Kier alpha value is -1.40. The number of hydrogen-bond acceptors (Lipinski definition) is 4. The largest absolute Gasteiger partial charge is 0.376 e. The zero-order valence-corrected chi connectivity index (χ0v) is 14.8. The van der Waals surface area contributed by atoms with Gasteiger partial charge in [0.15, 0.2) is 0 Å². The summed E-state index contributed by atoms with van der Waals surface area (Å²) in [5.41, 5.74) is 0. The molecule has 3 rings (SSSR count). The van der Waals surface area contributed by atoms with E-state index in [0.717, 1.165) is 57.6 Å². The smallest absolute Gasteiger partial charge is 0.251 e. The van der Waals surface area contributed by atoms with E-state index in [-0.39, 0.29) is 12.0 Å². The van der Waals surface area contributed by atoms with Crippen molar-refractivity contribution >= 4 is 5.91 Å². The molecule has 3 atom stereocenters. The molecule has 0 N–H and O–H groups in total. The molecule has 1 amide bonds. The third-order valence-corrected chi connectivity index (χ3v) is 5.07. The van der Waals surface area contributed by atoms with Crippen LogP contribution in [0.15, 0.2) is 12.4 Å². The minimum Gasteiger partial charge on any atom is -0.376 e. The van der Waals surface area contributed by atoms with E-state index in [2.05, 4.69) is 16.5 Å². The highest BCUT2D eigenvalue weighted by Gasteiger charge is 2.29.